The number of nitrogens with zero attached hydrogens (tertiary/aromatic N) is 2. The fourth-order valence-corrected chi connectivity index (χ4v) is 3.03. The molecule has 35 heavy (non-hydrogen) atoms. The van der Waals surface area contributed by atoms with Gasteiger partial charge in [0.25, 0.3) is 11.8 Å². The maximum Gasteiger partial charge on any atom is 0.256 e. The van der Waals surface area contributed by atoms with E-state index in [1.54, 1.807) is 60.7 Å². The Labute approximate surface area is 207 Å². The molecule has 0 bridgehead atoms. The van der Waals surface area contributed by atoms with Crippen molar-refractivity contribution in [1.29, 1.82) is 0 Å². The third-order valence-corrected chi connectivity index (χ3v) is 4.85. The molecular weight excluding hydrogens is 468 g/mol. The summed E-state index contributed by atoms with van der Waals surface area (Å²) in [6.45, 7) is 0. The molecule has 0 aliphatic rings. The molecule has 8 nitrogen and oxygen atoms in total. The zero-order valence-electron chi connectivity index (χ0n) is 18.3. The topological polar surface area (TPSA) is 124 Å². The lowest BCUT2D eigenvalue weighted by atomic mass is 10.1. The normalized spacial score (nSPS) is 10.4. The molecule has 0 aliphatic carbocycles. The Morgan fingerprint density at radius 2 is 1.00 bits per heavy atom. The van der Waals surface area contributed by atoms with Crippen LogP contribution in [0.3, 0.4) is 0 Å². The van der Waals surface area contributed by atoms with Gasteiger partial charge < -0.3 is 20.8 Å². The van der Waals surface area contributed by atoms with E-state index in [1.807, 2.05) is 12.2 Å². The Morgan fingerprint density at radius 1 is 0.629 bits per heavy atom. The maximum absolute atomic E-state index is 12.3. The number of hydrogen-bond donors (Lipinski definition) is 4. The number of pyridine rings is 2. The quantitative estimate of drug-likeness (QED) is 0.283. The van der Waals surface area contributed by atoms with E-state index in [-0.39, 0.29) is 47.4 Å². The van der Waals surface area contributed by atoms with Crippen LogP contribution < -0.4 is 10.6 Å². The van der Waals surface area contributed by atoms with Crippen LogP contribution in [0.25, 0.3) is 12.2 Å². The fraction of sp³-hybridized carbons (Fsp3) is 0. The summed E-state index contributed by atoms with van der Waals surface area (Å²) in [4.78, 5) is 32.6. The van der Waals surface area contributed by atoms with Gasteiger partial charge in [-0.2, -0.15) is 0 Å². The predicted molar refractivity (Wildman–Crippen MR) is 137 cm³/mol. The van der Waals surface area contributed by atoms with Gasteiger partial charge in [-0.3, -0.25) is 9.59 Å². The summed E-state index contributed by atoms with van der Waals surface area (Å²) in [7, 11) is 0. The second-order valence-corrected chi connectivity index (χ2v) is 7.23. The predicted octanol–water partition coefficient (Wildman–Crippen LogP) is 4.98. The van der Waals surface area contributed by atoms with E-state index < -0.39 is 0 Å². The molecule has 0 atom stereocenters. The minimum atomic E-state index is -0.377. The standard InChI is InChI=1S/C26H20N4O4.ClH/c31-21-3-1-15-27-23(21)29-25(33)19-11-7-17(8-12-19)5-6-18-9-13-20(14-10-18)26(34)30-24-22(32)4-2-16-28-24;/h1-16,31-32H,(H,27,29,33)(H,28,30,34);1H. The molecule has 0 fully saturated rings. The van der Waals surface area contributed by atoms with Crippen molar-refractivity contribution >= 4 is 48.0 Å². The van der Waals surface area contributed by atoms with Gasteiger partial charge in [-0.15, -0.1) is 12.4 Å². The summed E-state index contributed by atoms with van der Waals surface area (Å²) in [5.41, 5.74) is 2.61. The summed E-state index contributed by atoms with van der Waals surface area (Å²) in [6.07, 6.45) is 6.72. The van der Waals surface area contributed by atoms with Crippen molar-refractivity contribution in [3.05, 3.63) is 107 Å². The number of rotatable bonds is 6. The van der Waals surface area contributed by atoms with Gasteiger partial charge in [-0.1, -0.05) is 36.4 Å². The maximum atomic E-state index is 12.3. The Morgan fingerprint density at radius 3 is 1.34 bits per heavy atom. The molecule has 4 rings (SSSR count). The molecular formula is C26H21ClN4O4. The first-order chi connectivity index (χ1) is 16.5. The monoisotopic (exact) mass is 488 g/mol. The molecule has 0 aliphatic heterocycles. The number of anilines is 2. The molecule has 0 radical (unpaired) electrons. The van der Waals surface area contributed by atoms with E-state index in [2.05, 4.69) is 20.6 Å². The van der Waals surface area contributed by atoms with Crippen LogP contribution in [0, 0.1) is 0 Å². The van der Waals surface area contributed by atoms with Crippen LogP contribution >= 0.6 is 12.4 Å². The molecule has 2 amide bonds. The zero-order chi connectivity index (χ0) is 23.9. The van der Waals surface area contributed by atoms with Crippen molar-refractivity contribution in [3.8, 4) is 11.5 Å². The van der Waals surface area contributed by atoms with Crippen molar-refractivity contribution in [2.45, 2.75) is 0 Å². The SMILES string of the molecule is Cl.O=C(Nc1ncccc1O)c1ccc(C=Cc2ccc(C(=O)Nc3ncccc3O)cc2)cc1. The summed E-state index contributed by atoms with van der Waals surface area (Å²) in [5.74, 6) is -0.756. The number of aromatic nitrogens is 2. The third kappa shape index (κ3) is 6.43. The van der Waals surface area contributed by atoms with Crippen LogP contribution in [-0.4, -0.2) is 32.0 Å². The molecule has 0 saturated heterocycles. The summed E-state index contributed by atoms with van der Waals surface area (Å²) in [5, 5.41) is 24.6. The Bertz CT molecular complexity index is 1250. The van der Waals surface area contributed by atoms with Crippen LogP contribution in [0.4, 0.5) is 11.6 Å². The van der Waals surface area contributed by atoms with Crippen molar-refractivity contribution in [1.82, 2.24) is 9.97 Å². The van der Waals surface area contributed by atoms with E-state index in [9.17, 15) is 19.8 Å². The molecule has 176 valence electrons. The number of hydrogen-bond acceptors (Lipinski definition) is 6. The summed E-state index contributed by atoms with van der Waals surface area (Å²) in [6, 6.07) is 19.9. The highest BCUT2D eigenvalue weighted by Crippen LogP contribution is 2.20. The van der Waals surface area contributed by atoms with E-state index in [0.29, 0.717) is 11.1 Å². The molecule has 0 saturated carbocycles. The van der Waals surface area contributed by atoms with Gasteiger partial charge in [-0.05, 0) is 59.7 Å². The highest BCUT2D eigenvalue weighted by molar-refractivity contribution is 6.05. The molecule has 2 aromatic heterocycles. The minimum absolute atomic E-state index is 0. The van der Waals surface area contributed by atoms with Crippen molar-refractivity contribution < 1.29 is 19.8 Å². The highest BCUT2D eigenvalue weighted by Gasteiger charge is 2.10. The first-order valence-corrected chi connectivity index (χ1v) is 10.3. The number of carbonyl (C=O) groups excluding carboxylic acids is 2. The van der Waals surface area contributed by atoms with Gasteiger partial charge in [0.2, 0.25) is 0 Å². The molecule has 2 aromatic carbocycles. The van der Waals surface area contributed by atoms with Gasteiger partial charge >= 0.3 is 0 Å². The van der Waals surface area contributed by atoms with Crippen LogP contribution in [0.1, 0.15) is 31.8 Å². The average molecular weight is 489 g/mol. The highest BCUT2D eigenvalue weighted by atomic mass is 35.5. The summed E-state index contributed by atoms with van der Waals surface area (Å²) >= 11 is 0. The van der Waals surface area contributed by atoms with Gasteiger partial charge in [-0.25, -0.2) is 9.97 Å². The number of halogens is 1. The van der Waals surface area contributed by atoms with Gasteiger partial charge in [0.15, 0.2) is 23.1 Å². The largest absolute Gasteiger partial charge is 0.504 e. The van der Waals surface area contributed by atoms with Crippen molar-refractivity contribution in [3.63, 3.8) is 0 Å². The molecule has 4 aromatic rings. The van der Waals surface area contributed by atoms with E-state index in [0.717, 1.165) is 11.1 Å². The number of benzene rings is 2. The number of aromatic hydroxyl groups is 2. The Kier molecular flexibility index (Phi) is 8.15. The second kappa shape index (κ2) is 11.4. The van der Waals surface area contributed by atoms with Crippen LogP contribution in [-0.2, 0) is 0 Å². The molecule has 0 unspecified atom stereocenters. The first kappa shape index (κ1) is 24.9. The Balaban J connectivity index is 0.00000342. The minimum Gasteiger partial charge on any atom is -0.504 e. The zero-order valence-corrected chi connectivity index (χ0v) is 19.1. The molecule has 0 spiro atoms. The third-order valence-electron chi connectivity index (χ3n) is 4.85. The second-order valence-electron chi connectivity index (χ2n) is 7.23. The number of carbonyl (C=O) groups is 2. The fourth-order valence-electron chi connectivity index (χ4n) is 3.03. The lowest BCUT2D eigenvalue weighted by molar-refractivity contribution is 0.101. The lowest BCUT2D eigenvalue weighted by Crippen LogP contribution is -2.12. The van der Waals surface area contributed by atoms with Gasteiger partial charge in [0.05, 0.1) is 0 Å². The average Bonchev–Trinajstić information content (AvgIpc) is 2.86. The van der Waals surface area contributed by atoms with Crippen LogP contribution in [0.2, 0.25) is 0 Å². The van der Waals surface area contributed by atoms with Crippen molar-refractivity contribution in [2.75, 3.05) is 10.6 Å². The smallest absolute Gasteiger partial charge is 0.256 e. The number of amides is 2. The summed E-state index contributed by atoms with van der Waals surface area (Å²) < 4.78 is 0. The van der Waals surface area contributed by atoms with Crippen molar-refractivity contribution in [2.24, 2.45) is 0 Å². The first-order valence-electron chi connectivity index (χ1n) is 10.3. The van der Waals surface area contributed by atoms with Crippen LogP contribution in [0.5, 0.6) is 11.5 Å². The van der Waals surface area contributed by atoms with E-state index in [1.165, 1.54) is 24.5 Å². The molecule has 9 heteroatoms. The van der Waals surface area contributed by atoms with Crippen LogP contribution in [0.15, 0.2) is 85.2 Å². The molecule has 4 N–H and O–H groups in total. The Hall–Kier alpha value is -4.69. The lowest BCUT2D eigenvalue weighted by Gasteiger charge is -2.06. The number of nitrogens with one attached hydrogen (secondary N) is 2. The van der Waals surface area contributed by atoms with E-state index >= 15 is 0 Å². The van der Waals surface area contributed by atoms with Gasteiger partial charge in [0.1, 0.15) is 0 Å². The van der Waals surface area contributed by atoms with E-state index in [4.69, 9.17) is 0 Å². The van der Waals surface area contributed by atoms with Gasteiger partial charge in [0, 0.05) is 23.5 Å². The molecule has 2 heterocycles.